The van der Waals surface area contributed by atoms with Crippen LogP contribution >= 0.6 is 0 Å². The van der Waals surface area contributed by atoms with Crippen molar-refractivity contribution < 1.29 is 27.9 Å². The van der Waals surface area contributed by atoms with Crippen molar-refractivity contribution in [3.05, 3.63) is 77.2 Å². The van der Waals surface area contributed by atoms with E-state index >= 15 is 0 Å². The van der Waals surface area contributed by atoms with Gasteiger partial charge in [-0.2, -0.15) is 15.0 Å². The van der Waals surface area contributed by atoms with E-state index in [0.717, 1.165) is 12.1 Å². The van der Waals surface area contributed by atoms with Gasteiger partial charge in [0.2, 0.25) is 0 Å². The van der Waals surface area contributed by atoms with Crippen LogP contribution in [0.2, 0.25) is 0 Å². The molecule has 1 aliphatic rings. The highest BCUT2D eigenvalue weighted by Gasteiger charge is 2.31. The molecule has 3 aromatic heterocycles. The molecule has 1 aliphatic heterocycles. The van der Waals surface area contributed by atoms with Gasteiger partial charge in [-0.05, 0) is 38.5 Å². The maximum absolute atomic E-state index is 14.4. The number of alkyl halides is 1. The number of aliphatic hydroxyl groups is 1. The molecule has 3 N–H and O–H groups in total. The van der Waals surface area contributed by atoms with E-state index in [9.17, 15) is 27.9 Å². The number of nitriles is 1. The van der Waals surface area contributed by atoms with Crippen LogP contribution in [0.4, 0.5) is 18.9 Å². The Bertz CT molecular complexity index is 1750. The summed E-state index contributed by atoms with van der Waals surface area (Å²) in [6, 6.07) is 7.58. The van der Waals surface area contributed by atoms with E-state index in [4.69, 9.17) is 5.26 Å². The number of likely N-dealkylation sites (tertiary alicyclic amines) is 1. The molecule has 2 atom stereocenters. The fourth-order valence-electron chi connectivity index (χ4n) is 4.65. The van der Waals surface area contributed by atoms with Crippen molar-refractivity contribution in [1.29, 1.82) is 5.26 Å². The van der Waals surface area contributed by atoms with E-state index in [1.807, 2.05) is 6.07 Å². The standard InChI is InChI=1S/C29H27F3N8O3/c1-29(2,43)24(32)14-36-27(41)21-13-34-25(40-26-17(12-37-40)7-16(10-33)11-35-26)9-23(21)38-19-5-6-39(15-19)28(42)20-4-3-18(30)8-22(20)31/h3-4,7-9,11-13,19,24,43H,5-6,14-15H2,1-2H3,(H,34,38)(H,36,41). The summed E-state index contributed by atoms with van der Waals surface area (Å²) in [7, 11) is 0. The summed E-state index contributed by atoms with van der Waals surface area (Å²) in [6.07, 6.45) is 2.91. The van der Waals surface area contributed by atoms with E-state index in [2.05, 4.69) is 25.7 Å². The van der Waals surface area contributed by atoms with Gasteiger partial charge in [0.1, 0.15) is 23.9 Å². The SMILES string of the molecule is CC(C)(O)C(F)CNC(=O)c1cnc(-n2ncc3cc(C#N)cnc32)cc1NC1CCN(C(=O)c2ccc(F)cc2F)C1. The van der Waals surface area contributed by atoms with Gasteiger partial charge in [-0.1, -0.05) is 0 Å². The first-order valence-corrected chi connectivity index (χ1v) is 13.3. The third-order valence-electron chi connectivity index (χ3n) is 7.09. The normalized spacial score (nSPS) is 15.7. The number of hydrogen-bond donors (Lipinski definition) is 3. The van der Waals surface area contributed by atoms with Crippen LogP contribution < -0.4 is 10.6 Å². The monoisotopic (exact) mass is 592 g/mol. The van der Waals surface area contributed by atoms with E-state index in [0.29, 0.717) is 34.8 Å². The molecule has 4 heterocycles. The predicted molar refractivity (Wildman–Crippen MR) is 149 cm³/mol. The topological polar surface area (TPSA) is 149 Å². The van der Waals surface area contributed by atoms with Crippen LogP contribution in [0.15, 0.2) is 48.9 Å². The Labute approximate surface area is 244 Å². The number of hydrogen-bond acceptors (Lipinski definition) is 8. The number of halogens is 3. The quantitative estimate of drug-likeness (QED) is 0.283. The van der Waals surface area contributed by atoms with Crippen molar-refractivity contribution in [2.75, 3.05) is 25.0 Å². The molecule has 1 saturated heterocycles. The summed E-state index contributed by atoms with van der Waals surface area (Å²) in [5.74, 6) is -2.72. The van der Waals surface area contributed by atoms with Crippen LogP contribution in [0.3, 0.4) is 0 Å². The molecular formula is C29H27F3N8O3. The van der Waals surface area contributed by atoms with Gasteiger partial charge in [-0.3, -0.25) is 9.59 Å². The van der Waals surface area contributed by atoms with Gasteiger partial charge >= 0.3 is 0 Å². The number of anilines is 1. The minimum absolute atomic E-state index is 0.0669. The number of carbonyl (C=O) groups is 2. The van der Waals surface area contributed by atoms with Crippen molar-refractivity contribution >= 4 is 28.5 Å². The number of carbonyl (C=O) groups excluding carboxylic acids is 2. The lowest BCUT2D eigenvalue weighted by Gasteiger charge is -2.23. The summed E-state index contributed by atoms with van der Waals surface area (Å²) in [5.41, 5.74) is -0.784. The Morgan fingerprint density at radius 2 is 1.95 bits per heavy atom. The van der Waals surface area contributed by atoms with Crippen LogP contribution in [-0.2, 0) is 0 Å². The van der Waals surface area contributed by atoms with Crippen LogP contribution in [-0.4, -0.2) is 79.0 Å². The molecule has 2 amide bonds. The van der Waals surface area contributed by atoms with Crippen molar-refractivity contribution in [3.63, 3.8) is 0 Å². The molecule has 0 aliphatic carbocycles. The Morgan fingerprint density at radius 1 is 1.16 bits per heavy atom. The summed E-state index contributed by atoms with van der Waals surface area (Å²) in [6.45, 7) is 2.56. The lowest BCUT2D eigenvalue weighted by Crippen LogP contribution is -2.42. The maximum atomic E-state index is 14.4. The van der Waals surface area contributed by atoms with Gasteiger partial charge in [0.15, 0.2) is 11.5 Å². The summed E-state index contributed by atoms with van der Waals surface area (Å²) < 4.78 is 43.4. The zero-order chi connectivity index (χ0) is 30.9. The Balaban J connectivity index is 1.42. The van der Waals surface area contributed by atoms with Crippen LogP contribution in [0, 0.1) is 23.0 Å². The molecule has 14 heteroatoms. The zero-order valence-corrected chi connectivity index (χ0v) is 23.2. The van der Waals surface area contributed by atoms with Crippen molar-refractivity contribution in [2.24, 2.45) is 0 Å². The van der Waals surface area contributed by atoms with E-state index in [1.165, 1.54) is 42.0 Å². The third kappa shape index (κ3) is 6.26. The molecule has 222 valence electrons. The minimum Gasteiger partial charge on any atom is -0.387 e. The predicted octanol–water partition coefficient (Wildman–Crippen LogP) is 3.13. The summed E-state index contributed by atoms with van der Waals surface area (Å²) in [4.78, 5) is 36.1. The molecule has 1 fully saturated rings. The molecule has 4 aromatic rings. The fraction of sp³-hybridized carbons (Fsp3) is 0.310. The van der Waals surface area contributed by atoms with Gasteiger partial charge < -0.3 is 20.6 Å². The molecular weight excluding hydrogens is 565 g/mol. The number of nitrogens with one attached hydrogen (secondary N) is 2. The first-order chi connectivity index (χ1) is 20.4. The van der Waals surface area contributed by atoms with Crippen LogP contribution in [0.5, 0.6) is 0 Å². The largest absolute Gasteiger partial charge is 0.387 e. The molecule has 5 rings (SSSR count). The van der Waals surface area contributed by atoms with Crippen molar-refractivity contribution in [1.82, 2.24) is 30.0 Å². The number of nitrogens with zero attached hydrogens (tertiary/aromatic N) is 6. The minimum atomic E-state index is -1.74. The molecule has 0 spiro atoms. The average molecular weight is 593 g/mol. The van der Waals surface area contributed by atoms with Crippen LogP contribution in [0.25, 0.3) is 16.9 Å². The second kappa shape index (κ2) is 11.7. The fourth-order valence-corrected chi connectivity index (χ4v) is 4.65. The molecule has 11 nitrogen and oxygen atoms in total. The van der Waals surface area contributed by atoms with Gasteiger partial charge in [0.25, 0.3) is 11.8 Å². The number of aromatic nitrogens is 4. The summed E-state index contributed by atoms with van der Waals surface area (Å²) in [5, 5.41) is 29.7. The van der Waals surface area contributed by atoms with Crippen molar-refractivity contribution in [2.45, 2.75) is 38.1 Å². The first-order valence-electron chi connectivity index (χ1n) is 13.3. The highest BCUT2D eigenvalue weighted by atomic mass is 19.1. The molecule has 43 heavy (non-hydrogen) atoms. The van der Waals surface area contributed by atoms with Gasteiger partial charge in [0, 0.05) is 49.0 Å². The lowest BCUT2D eigenvalue weighted by molar-refractivity contribution is -0.00178. The number of fused-ring (bicyclic) bond motifs is 1. The van der Waals surface area contributed by atoms with Gasteiger partial charge in [-0.15, -0.1) is 0 Å². The molecule has 1 aromatic carbocycles. The molecule has 2 unspecified atom stereocenters. The Hall–Kier alpha value is -5.03. The molecule has 0 bridgehead atoms. The highest BCUT2D eigenvalue weighted by Crippen LogP contribution is 2.25. The maximum Gasteiger partial charge on any atom is 0.256 e. The smallest absolute Gasteiger partial charge is 0.256 e. The Morgan fingerprint density at radius 3 is 2.67 bits per heavy atom. The molecule has 0 saturated carbocycles. The summed E-state index contributed by atoms with van der Waals surface area (Å²) >= 11 is 0. The average Bonchev–Trinajstić information content (AvgIpc) is 3.61. The van der Waals surface area contributed by atoms with E-state index in [1.54, 1.807) is 12.1 Å². The zero-order valence-electron chi connectivity index (χ0n) is 23.2. The third-order valence-corrected chi connectivity index (χ3v) is 7.09. The number of pyridine rings is 2. The second-order valence-electron chi connectivity index (χ2n) is 10.7. The second-order valence-corrected chi connectivity index (χ2v) is 10.7. The van der Waals surface area contributed by atoms with E-state index in [-0.39, 0.29) is 36.1 Å². The first kappa shape index (κ1) is 29.5. The number of rotatable bonds is 8. The van der Waals surface area contributed by atoms with Crippen molar-refractivity contribution in [3.8, 4) is 11.9 Å². The molecule has 0 radical (unpaired) electrons. The highest BCUT2D eigenvalue weighted by molar-refractivity contribution is 6.00. The van der Waals surface area contributed by atoms with Crippen LogP contribution in [0.1, 0.15) is 46.5 Å². The Kier molecular flexibility index (Phi) is 8.01. The van der Waals surface area contributed by atoms with Gasteiger partial charge in [-0.25, -0.2) is 23.1 Å². The number of benzene rings is 1. The van der Waals surface area contributed by atoms with Gasteiger partial charge in [0.05, 0.1) is 40.7 Å². The lowest BCUT2D eigenvalue weighted by atomic mass is 10.0. The number of amides is 2. The van der Waals surface area contributed by atoms with E-state index < -0.39 is 41.8 Å².